The average Bonchev–Trinajstić information content (AvgIpc) is 3.69. The molecule has 2 aromatic carbocycles. The maximum absolute atomic E-state index is 13.6. The topological polar surface area (TPSA) is 199 Å². The van der Waals surface area contributed by atoms with E-state index in [2.05, 4.69) is 40.4 Å². The van der Waals surface area contributed by atoms with Gasteiger partial charge < -0.3 is 29.2 Å². The van der Waals surface area contributed by atoms with E-state index < -0.39 is 35.8 Å². The van der Waals surface area contributed by atoms with Gasteiger partial charge in [-0.15, -0.1) is 15.3 Å². The Morgan fingerprint density at radius 2 is 1.34 bits per heavy atom. The molecule has 2 atom stereocenters. The fourth-order valence-corrected chi connectivity index (χ4v) is 3.15. The van der Waals surface area contributed by atoms with Crippen molar-refractivity contribution in [2.24, 2.45) is 0 Å². The van der Waals surface area contributed by atoms with Gasteiger partial charge in [-0.05, 0) is 39.9 Å². The molecule has 20 heteroatoms. The number of carbonyl (C=O) groups is 2. The first-order valence-corrected chi connectivity index (χ1v) is 12.0. The smallest absolute Gasteiger partial charge is 0.340 e. The number of hydrogen-bond acceptors (Lipinski definition) is 14. The lowest BCUT2D eigenvalue weighted by atomic mass is 10.2. The highest BCUT2D eigenvalue weighted by Crippen LogP contribution is 2.19. The number of halogens is 2. The summed E-state index contributed by atoms with van der Waals surface area (Å²) in [6, 6.07) is 7.43. The molecule has 2 N–H and O–H groups in total. The molecule has 0 saturated carbocycles. The molecule has 0 amide bonds. The first-order chi connectivity index (χ1) is 20.2. The van der Waals surface area contributed by atoms with Gasteiger partial charge in [-0.3, -0.25) is 0 Å². The lowest BCUT2D eigenvalue weighted by molar-refractivity contribution is 0.0585. The van der Waals surface area contributed by atoms with Gasteiger partial charge in [-0.1, -0.05) is 0 Å². The second-order valence-corrected chi connectivity index (χ2v) is 8.22. The maximum Gasteiger partial charge on any atom is 0.340 e. The number of esters is 2. The quantitative estimate of drug-likeness (QED) is 0.197. The van der Waals surface area contributed by atoms with Gasteiger partial charge in [0.2, 0.25) is 0 Å². The van der Waals surface area contributed by atoms with Crippen molar-refractivity contribution in [1.82, 2.24) is 40.4 Å². The number of benzene rings is 2. The number of aliphatic hydroxyl groups excluding tert-OH is 2. The molecule has 4 aromatic rings. The van der Waals surface area contributed by atoms with E-state index in [4.69, 9.17) is 9.47 Å². The van der Waals surface area contributed by atoms with E-state index in [1.165, 1.54) is 60.6 Å². The molecular weight excluding hydrogens is 630 g/mol. The summed E-state index contributed by atoms with van der Waals surface area (Å²) in [4.78, 5) is 23.7. The number of aliphatic hydroxyl groups is 2. The minimum absolute atomic E-state index is 0. The predicted octanol–water partition coefficient (Wildman–Crippen LogP) is 0.303. The molecule has 0 spiro atoms. The van der Waals surface area contributed by atoms with Crippen LogP contribution in [0.3, 0.4) is 0 Å². The summed E-state index contributed by atoms with van der Waals surface area (Å²) in [5, 5.41) is 40.7. The number of aromatic nitrogens is 8. The second kappa shape index (κ2) is 19.0. The molecule has 2 aromatic heterocycles. The maximum atomic E-state index is 13.6. The third-order valence-corrected chi connectivity index (χ3v) is 5.13. The van der Waals surface area contributed by atoms with E-state index in [1.54, 1.807) is 0 Å². The van der Waals surface area contributed by atoms with Gasteiger partial charge in [0.25, 0.3) is 0 Å². The van der Waals surface area contributed by atoms with Crippen LogP contribution in [-0.2, 0) is 22.6 Å². The van der Waals surface area contributed by atoms with Gasteiger partial charge in [-0.25, -0.2) is 23.1 Å². The molecule has 0 aliphatic heterocycles. The number of nitrogens with zero attached hydrogens (tertiary/aromatic N) is 8. The Bertz CT molecular complexity index is 1330. The Morgan fingerprint density at radius 3 is 1.75 bits per heavy atom. The summed E-state index contributed by atoms with van der Waals surface area (Å²) in [5.74, 6) is -2.67. The lowest BCUT2D eigenvalue weighted by Gasteiger charge is -2.12. The third-order valence-electron chi connectivity index (χ3n) is 5.13. The summed E-state index contributed by atoms with van der Waals surface area (Å²) < 4.78 is 48.0. The summed E-state index contributed by atoms with van der Waals surface area (Å²) in [6.45, 7) is 0.0911. The molecule has 44 heavy (non-hydrogen) atoms. The number of methoxy groups -OCH3 is 2. The first-order valence-electron chi connectivity index (χ1n) is 12.0. The van der Waals surface area contributed by atoms with Gasteiger partial charge in [0, 0.05) is 12.1 Å². The number of ether oxygens (including phenoxy) is 4. The fraction of sp³-hybridized carbons (Fsp3) is 0.333. The zero-order chi connectivity index (χ0) is 30.5. The molecule has 0 radical (unpaired) electrons. The van der Waals surface area contributed by atoms with Gasteiger partial charge >= 0.3 is 11.9 Å². The number of hydrogen-bond donors (Lipinski definition) is 2. The molecule has 16 nitrogen and oxygen atoms in total. The Morgan fingerprint density at radius 1 is 0.818 bits per heavy atom. The summed E-state index contributed by atoms with van der Waals surface area (Å²) in [7, 11) is 2.34. The molecule has 0 bridgehead atoms. The molecule has 2 heterocycles. The van der Waals surface area contributed by atoms with Gasteiger partial charge in [0.15, 0.2) is 6.33 Å². The Labute approximate surface area is 262 Å². The van der Waals surface area contributed by atoms with Crippen LogP contribution in [0, 0.1) is 11.6 Å². The molecular formula is C24H30F2N8O8S2. The Hall–Kier alpha value is -4.40. The van der Waals surface area contributed by atoms with Gasteiger partial charge in [-0.2, -0.15) is 31.8 Å². The highest BCUT2D eigenvalue weighted by molar-refractivity contribution is 7.59. The number of rotatable bonds is 12. The highest BCUT2D eigenvalue weighted by atomic mass is 32.1. The van der Waals surface area contributed by atoms with E-state index >= 15 is 0 Å². The monoisotopic (exact) mass is 660 g/mol. The molecule has 240 valence electrons. The van der Waals surface area contributed by atoms with Crippen LogP contribution in [0.15, 0.2) is 49.1 Å². The zero-order valence-corrected chi connectivity index (χ0v) is 25.3. The zero-order valence-electron chi connectivity index (χ0n) is 23.3. The SMILES string of the molecule is COC(=O)c1ccc(OC[C@@H](O)Cn2cnnn2)cc1F.COC(=O)c1ccc(OC[C@@H](O)Cn2ncnn2)cc1F.S.S. The lowest BCUT2D eigenvalue weighted by Crippen LogP contribution is -2.25. The molecule has 0 fully saturated rings. The van der Waals surface area contributed by atoms with Crippen molar-refractivity contribution >= 4 is 38.9 Å². The minimum Gasteiger partial charge on any atom is -0.491 e. The van der Waals surface area contributed by atoms with Crippen molar-refractivity contribution in [2.75, 3.05) is 27.4 Å². The Balaban J connectivity index is 0.000000421. The molecule has 0 aliphatic rings. The standard InChI is InChI=1S/2C12H13FN4O4.2H2S/c1-20-12(19)10-3-2-9(4-11(10)13)21-6-8(18)5-17-7-14-15-16-17;1-20-12(19)10-3-2-9(4-11(10)13)21-6-8(18)5-17-15-7-14-16-17;;/h2*2-4,7-8,18H,5-6H2,1H3;2*1H2/t2*8-;;/m00../s1. The predicted molar refractivity (Wildman–Crippen MR) is 155 cm³/mol. The van der Waals surface area contributed by atoms with Crippen LogP contribution in [0.4, 0.5) is 8.78 Å². The van der Waals surface area contributed by atoms with Gasteiger partial charge in [0.1, 0.15) is 54.9 Å². The summed E-state index contributed by atoms with van der Waals surface area (Å²) in [5.41, 5.74) is -0.365. The molecule has 0 saturated heterocycles. The van der Waals surface area contributed by atoms with Crippen LogP contribution < -0.4 is 9.47 Å². The van der Waals surface area contributed by atoms with Crippen LogP contribution in [0.5, 0.6) is 11.5 Å². The number of carbonyl (C=O) groups excluding carboxylic acids is 2. The molecule has 4 rings (SSSR count). The largest absolute Gasteiger partial charge is 0.491 e. The van der Waals surface area contributed by atoms with E-state index in [-0.39, 0.29) is 75.9 Å². The van der Waals surface area contributed by atoms with Crippen molar-refractivity contribution in [3.63, 3.8) is 0 Å². The van der Waals surface area contributed by atoms with Crippen molar-refractivity contribution in [1.29, 1.82) is 0 Å². The van der Waals surface area contributed by atoms with E-state index in [0.717, 1.165) is 12.1 Å². The number of tetrazole rings is 2. The molecule has 0 aliphatic carbocycles. The van der Waals surface area contributed by atoms with Gasteiger partial charge in [0.05, 0.1) is 38.4 Å². The van der Waals surface area contributed by atoms with Crippen molar-refractivity contribution in [3.05, 3.63) is 71.8 Å². The van der Waals surface area contributed by atoms with Crippen LogP contribution in [0.2, 0.25) is 0 Å². The first kappa shape index (κ1) is 37.6. The van der Waals surface area contributed by atoms with E-state index in [0.29, 0.717) is 0 Å². The fourth-order valence-electron chi connectivity index (χ4n) is 3.15. The van der Waals surface area contributed by atoms with Crippen LogP contribution in [0.25, 0.3) is 0 Å². The summed E-state index contributed by atoms with van der Waals surface area (Å²) >= 11 is 0. The van der Waals surface area contributed by atoms with Crippen molar-refractivity contribution < 1.29 is 47.5 Å². The highest BCUT2D eigenvalue weighted by Gasteiger charge is 2.15. The average molecular weight is 661 g/mol. The van der Waals surface area contributed by atoms with Crippen molar-refractivity contribution in [3.8, 4) is 11.5 Å². The summed E-state index contributed by atoms with van der Waals surface area (Å²) in [6.07, 6.45) is 0.849. The van der Waals surface area contributed by atoms with Crippen LogP contribution in [-0.4, -0.2) is 102 Å². The minimum atomic E-state index is -0.887. The molecule has 0 unspecified atom stereocenters. The van der Waals surface area contributed by atoms with E-state index in [1.807, 2.05) is 0 Å². The van der Waals surface area contributed by atoms with E-state index in [9.17, 15) is 28.6 Å². The Kier molecular flexibility index (Phi) is 16.2. The second-order valence-electron chi connectivity index (χ2n) is 8.22. The third kappa shape index (κ3) is 11.7. The normalized spacial score (nSPS) is 11.4. The van der Waals surface area contributed by atoms with Crippen LogP contribution >= 0.6 is 27.0 Å². The van der Waals surface area contributed by atoms with Crippen LogP contribution in [0.1, 0.15) is 20.7 Å². The van der Waals surface area contributed by atoms with Crippen molar-refractivity contribution in [2.45, 2.75) is 25.3 Å².